The Morgan fingerprint density at radius 3 is 2.40 bits per heavy atom. The molecule has 11 heteroatoms. The third-order valence-electron chi connectivity index (χ3n) is 5.60. The Hall–Kier alpha value is -4.01. The molecule has 180 valence electrons. The van der Waals surface area contributed by atoms with Crippen LogP contribution in [0.3, 0.4) is 0 Å². The Morgan fingerprint density at radius 1 is 1.00 bits per heavy atom. The van der Waals surface area contributed by atoms with Gasteiger partial charge in [-0.2, -0.15) is 9.57 Å². The van der Waals surface area contributed by atoms with Crippen LogP contribution < -0.4 is 4.90 Å². The van der Waals surface area contributed by atoms with Crippen LogP contribution in [-0.4, -0.2) is 49.9 Å². The summed E-state index contributed by atoms with van der Waals surface area (Å²) < 4.78 is 31.9. The molecule has 0 aliphatic carbocycles. The first-order valence-corrected chi connectivity index (χ1v) is 12.4. The van der Waals surface area contributed by atoms with Gasteiger partial charge < -0.3 is 14.0 Å². The van der Waals surface area contributed by atoms with E-state index in [1.807, 2.05) is 29.8 Å². The molecule has 4 aromatic rings. The topological polar surface area (TPSA) is 113 Å². The standard InChI is InChI=1S/C24H26N8O2S/c1-29-17-24(28-19-29)35(33,34)32(15-21-5-3-4-10-27-21)12-11-31(16-23-14-26-18-30(23)2)22-8-6-20(13-25)7-9-22/h3-10,14,17-19H,11-12,15-16H2,1-2H3. The Morgan fingerprint density at radius 2 is 1.80 bits per heavy atom. The molecule has 0 spiro atoms. The van der Waals surface area contributed by atoms with Crippen LogP contribution >= 0.6 is 0 Å². The van der Waals surface area contributed by atoms with Crippen molar-refractivity contribution in [3.63, 3.8) is 0 Å². The molecule has 3 heterocycles. The molecule has 4 rings (SSSR count). The number of nitrogens with zero attached hydrogens (tertiary/aromatic N) is 8. The maximum Gasteiger partial charge on any atom is 0.262 e. The number of aryl methyl sites for hydroxylation is 2. The Bertz CT molecular complexity index is 1410. The minimum atomic E-state index is -3.86. The lowest BCUT2D eigenvalue weighted by Crippen LogP contribution is -2.38. The molecule has 0 bridgehead atoms. The average Bonchev–Trinajstić information content (AvgIpc) is 3.49. The van der Waals surface area contributed by atoms with Crippen molar-refractivity contribution in [2.45, 2.75) is 18.1 Å². The van der Waals surface area contributed by atoms with Crippen molar-refractivity contribution in [2.24, 2.45) is 14.1 Å². The van der Waals surface area contributed by atoms with Gasteiger partial charge in [0.1, 0.15) is 0 Å². The number of benzene rings is 1. The normalized spacial score (nSPS) is 11.5. The van der Waals surface area contributed by atoms with E-state index in [9.17, 15) is 8.42 Å². The summed E-state index contributed by atoms with van der Waals surface area (Å²) in [7, 11) is -0.216. The number of nitriles is 1. The molecule has 0 aliphatic rings. The fourth-order valence-corrected chi connectivity index (χ4v) is 4.99. The molecule has 1 aromatic carbocycles. The summed E-state index contributed by atoms with van der Waals surface area (Å²) in [4.78, 5) is 14.7. The number of aromatic nitrogens is 5. The van der Waals surface area contributed by atoms with Crippen LogP contribution in [0.5, 0.6) is 0 Å². The summed E-state index contributed by atoms with van der Waals surface area (Å²) in [6, 6.07) is 14.8. The summed E-state index contributed by atoms with van der Waals surface area (Å²) >= 11 is 0. The summed E-state index contributed by atoms with van der Waals surface area (Å²) in [6.45, 7) is 1.24. The van der Waals surface area contributed by atoms with Gasteiger partial charge in [0.15, 0.2) is 5.03 Å². The first-order valence-electron chi connectivity index (χ1n) is 10.9. The third-order valence-corrected chi connectivity index (χ3v) is 7.33. The molecular formula is C24H26N8O2S. The van der Waals surface area contributed by atoms with E-state index in [-0.39, 0.29) is 18.1 Å². The fourth-order valence-electron chi connectivity index (χ4n) is 3.62. The SMILES string of the molecule is Cn1cnc(S(=O)(=O)N(CCN(Cc2cncn2C)c2ccc(C#N)cc2)Cc2ccccn2)c1. The average molecular weight is 491 g/mol. The highest BCUT2D eigenvalue weighted by Crippen LogP contribution is 2.20. The van der Waals surface area contributed by atoms with E-state index < -0.39 is 10.0 Å². The second-order valence-electron chi connectivity index (χ2n) is 8.11. The van der Waals surface area contributed by atoms with Crippen molar-refractivity contribution >= 4 is 15.7 Å². The van der Waals surface area contributed by atoms with E-state index in [1.54, 1.807) is 54.6 Å². The zero-order valence-corrected chi connectivity index (χ0v) is 20.4. The quantitative estimate of drug-likeness (QED) is 0.335. The highest BCUT2D eigenvalue weighted by Gasteiger charge is 2.28. The maximum absolute atomic E-state index is 13.5. The monoisotopic (exact) mass is 490 g/mol. The van der Waals surface area contributed by atoms with Crippen LogP contribution in [0.4, 0.5) is 5.69 Å². The minimum Gasteiger partial charge on any atom is -0.364 e. The molecule has 3 aromatic heterocycles. The molecule has 0 amide bonds. The van der Waals surface area contributed by atoms with Crippen molar-refractivity contribution < 1.29 is 8.42 Å². The van der Waals surface area contributed by atoms with Gasteiger partial charge in [0, 0.05) is 51.5 Å². The fraction of sp³-hybridized carbons (Fsp3) is 0.250. The van der Waals surface area contributed by atoms with Crippen molar-refractivity contribution in [3.05, 3.63) is 90.7 Å². The predicted octanol–water partition coefficient (Wildman–Crippen LogP) is 2.32. The zero-order valence-electron chi connectivity index (χ0n) is 19.6. The molecule has 0 saturated heterocycles. The molecule has 10 nitrogen and oxygen atoms in total. The lowest BCUT2D eigenvalue weighted by Gasteiger charge is -2.28. The maximum atomic E-state index is 13.5. The molecule has 0 N–H and O–H groups in total. The minimum absolute atomic E-state index is 0.00695. The smallest absolute Gasteiger partial charge is 0.262 e. The third kappa shape index (κ3) is 5.74. The van der Waals surface area contributed by atoms with Crippen LogP contribution in [0.2, 0.25) is 0 Å². The molecule has 0 fully saturated rings. The lowest BCUT2D eigenvalue weighted by molar-refractivity contribution is 0.402. The summed E-state index contributed by atoms with van der Waals surface area (Å²) in [6.07, 6.45) is 8.12. The Balaban J connectivity index is 1.63. The number of rotatable bonds is 10. The van der Waals surface area contributed by atoms with Gasteiger partial charge in [-0.1, -0.05) is 6.07 Å². The zero-order chi connectivity index (χ0) is 24.8. The highest BCUT2D eigenvalue weighted by atomic mass is 32.2. The first kappa shape index (κ1) is 24.1. The Labute approximate surface area is 204 Å². The van der Waals surface area contributed by atoms with E-state index in [4.69, 9.17) is 5.26 Å². The van der Waals surface area contributed by atoms with Crippen LogP contribution in [-0.2, 0) is 37.2 Å². The van der Waals surface area contributed by atoms with E-state index in [1.165, 1.54) is 16.8 Å². The van der Waals surface area contributed by atoms with E-state index in [0.717, 1.165) is 11.4 Å². The van der Waals surface area contributed by atoms with Crippen molar-refractivity contribution in [1.29, 1.82) is 5.26 Å². The molecule has 0 unspecified atom stereocenters. The molecule has 35 heavy (non-hydrogen) atoms. The summed E-state index contributed by atoms with van der Waals surface area (Å²) in [5, 5.41) is 9.16. The van der Waals surface area contributed by atoms with Gasteiger partial charge in [-0.3, -0.25) is 4.98 Å². The van der Waals surface area contributed by atoms with Crippen LogP contribution in [0.25, 0.3) is 0 Å². The van der Waals surface area contributed by atoms with Gasteiger partial charge >= 0.3 is 0 Å². The lowest BCUT2D eigenvalue weighted by atomic mass is 10.2. The van der Waals surface area contributed by atoms with Gasteiger partial charge in [-0.05, 0) is 36.4 Å². The number of anilines is 1. The van der Waals surface area contributed by atoms with Crippen molar-refractivity contribution in [1.82, 2.24) is 28.4 Å². The van der Waals surface area contributed by atoms with Gasteiger partial charge in [0.05, 0.1) is 48.8 Å². The van der Waals surface area contributed by atoms with Crippen molar-refractivity contribution in [3.8, 4) is 6.07 Å². The predicted molar refractivity (Wildman–Crippen MR) is 130 cm³/mol. The summed E-state index contributed by atoms with van der Waals surface area (Å²) in [5.74, 6) is 0. The van der Waals surface area contributed by atoms with Crippen LogP contribution in [0.1, 0.15) is 17.0 Å². The highest BCUT2D eigenvalue weighted by molar-refractivity contribution is 7.89. The molecule has 0 radical (unpaired) electrons. The Kier molecular flexibility index (Phi) is 7.24. The van der Waals surface area contributed by atoms with Gasteiger partial charge in [-0.25, -0.2) is 18.4 Å². The molecule has 0 aliphatic heterocycles. The van der Waals surface area contributed by atoms with Crippen LogP contribution in [0, 0.1) is 11.3 Å². The number of sulfonamides is 1. The summed E-state index contributed by atoms with van der Waals surface area (Å²) in [5.41, 5.74) is 3.05. The van der Waals surface area contributed by atoms with E-state index >= 15 is 0 Å². The second kappa shape index (κ2) is 10.5. The molecule has 0 saturated carbocycles. The van der Waals surface area contributed by atoms with Gasteiger partial charge in [0.2, 0.25) is 0 Å². The molecule has 0 atom stereocenters. The first-order chi connectivity index (χ1) is 16.9. The van der Waals surface area contributed by atoms with E-state index in [2.05, 4.69) is 25.9 Å². The second-order valence-corrected chi connectivity index (χ2v) is 10.00. The number of imidazole rings is 2. The number of pyridine rings is 1. The number of hydrogen-bond acceptors (Lipinski definition) is 7. The molecular weight excluding hydrogens is 464 g/mol. The largest absolute Gasteiger partial charge is 0.364 e. The van der Waals surface area contributed by atoms with E-state index in [0.29, 0.717) is 24.3 Å². The van der Waals surface area contributed by atoms with Crippen molar-refractivity contribution in [2.75, 3.05) is 18.0 Å². The van der Waals surface area contributed by atoms with Gasteiger partial charge in [0.25, 0.3) is 10.0 Å². The van der Waals surface area contributed by atoms with Gasteiger partial charge in [-0.15, -0.1) is 0 Å². The number of hydrogen-bond donors (Lipinski definition) is 0. The van der Waals surface area contributed by atoms with Crippen LogP contribution in [0.15, 0.2) is 78.7 Å².